The number of carbonyl (C=O) groups is 1. The third-order valence-corrected chi connectivity index (χ3v) is 6.02. The van der Waals surface area contributed by atoms with Gasteiger partial charge in [-0.15, -0.1) is 0 Å². The number of nitrogens with zero attached hydrogens (tertiary/aromatic N) is 4. The molecule has 0 saturated carbocycles. The van der Waals surface area contributed by atoms with Crippen molar-refractivity contribution in [2.45, 2.75) is 19.5 Å². The maximum Gasteiger partial charge on any atom is 0.274 e. The predicted molar refractivity (Wildman–Crippen MR) is 140 cm³/mol. The summed E-state index contributed by atoms with van der Waals surface area (Å²) >= 11 is 0. The number of aromatic nitrogens is 5. The topological polar surface area (TPSA) is 161 Å². The average molecular weight is 516 g/mol. The van der Waals surface area contributed by atoms with E-state index in [1.165, 1.54) is 18.6 Å². The SMILES string of the molecule is C[C@H](NC(=O)c1nc(N)cnc1NCc1ccc(-c2c[nH]c3ncnc(N)c23)cc1)c1ccc(F)c(F)c1. The summed E-state index contributed by atoms with van der Waals surface area (Å²) in [6.45, 7) is 1.99. The molecular formula is C26H23F2N9O. The fourth-order valence-corrected chi connectivity index (χ4v) is 4.02. The van der Waals surface area contributed by atoms with Gasteiger partial charge in [0.05, 0.1) is 17.6 Å². The number of aromatic amines is 1. The van der Waals surface area contributed by atoms with Crippen LogP contribution in [0.1, 0.15) is 34.6 Å². The van der Waals surface area contributed by atoms with Gasteiger partial charge in [-0.1, -0.05) is 30.3 Å². The number of nitrogen functional groups attached to an aromatic ring is 2. The number of halogens is 2. The van der Waals surface area contributed by atoms with Crippen LogP contribution >= 0.6 is 0 Å². The van der Waals surface area contributed by atoms with E-state index in [2.05, 4.69) is 35.6 Å². The molecule has 0 aliphatic heterocycles. The first-order valence-electron chi connectivity index (χ1n) is 11.6. The molecule has 0 fully saturated rings. The minimum atomic E-state index is -0.998. The van der Waals surface area contributed by atoms with Crippen molar-refractivity contribution < 1.29 is 13.6 Å². The van der Waals surface area contributed by atoms with Gasteiger partial charge in [-0.25, -0.2) is 28.7 Å². The number of benzene rings is 2. The highest BCUT2D eigenvalue weighted by molar-refractivity contribution is 6.00. The minimum Gasteiger partial charge on any atom is -0.383 e. The van der Waals surface area contributed by atoms with Crippen LogP contribution in [0.15, 0.2) is 61.2 Å². The number of hydrogen-bond donors (Lipinski definition) is 5. The monoisotopic (exact) mass is 515 g/mol. The van der Waals surface area contributed by atoms with Crippen LogP contribution in [0.25, 0.3) is 22.2 Å². The van der Waals surface area contributed by atoms with E-state index >= 15 is 0 Å². The lowest BCUT2D eigenvalue weighted by molar-refractivity contribution is 0.0935. The van der Waals surface area contributed by atoms with E-state index in [0.29, 0.717) is 23.6 Å². The number of carbonyl (C=O) groups excluding carboxylic acids is 1. The molecule has 0 saturated heterocycles. The van der Waals surface area contributed by atoms with Gasteiger partial charge in [0.15, 0.2) is 23.1 Å². The Labute approximate surface area is 215 Å². The van der Waals surface area contributed by atoms with E-state index in [4.69, 9.17) is 11.5 Å². The summed E-state index contributed by atoms with van der Waals surface area (Å²) < 4.78 is 26.9. The molecule has 3 aromatic heterocycles. The van der Waals surface area contributed by atoms with Crippen molar-refractivity contribution in [2.75, 3.05) is 16.8 Å². The van der Waals surface area contributed by atoms with Gasteiger partial charge in [0, 0.05) is 18.3 Å². The molecule has 0 unspecified atom stereocenters. The molecule has 0 radical (unpaired) electrons. The third-order valence-electron chi connectivity index (χ3n) is 6.02. The Bertz CT molecular complexity index is 1640. The van der Waals surface area contributed by atoms with E-state index in [1.54, 1.807) is 6.92 Å². The smallest absolute Gasteiger partial charge is 0.274 e. The number of amides is 1. The summed E-state index contributed by atoms with van der Waals surface area (Å²) in [6, 6.07) is 10.6. The zero-order valence-electron chi connectivity index (χ0n) is 20.2. The predicted octanol–water partition coefficient (Wildman–Crippen LogP) is 3.96. The molecular weight excluding hydrogens is 492 g/mol. The van der Waals surface area contributed by atoms with Gasteiger partial charge >= 0.3 is 0 Å². The molecule has 38 heavy (non-hydrogen) atoms. The van der Waals surface area contributed by atoms with Gasteiger partial charge in [0.2, 0.25) is 0 Å². The lowest BCUT2D eigenvalue weighted by Crippen LogP contribution is -2.29. The molecule has 192 valence electrons. The van der Waals surface area contributed by atoms with Crippen LogP contribution in [0.3, 0.4) is 0 Å². The largest absolute Gasteiger partial charge is 0.383 e. The Balaban J connectivity index is 1.30. The molecule has 7 N–H and O–H groups in total. The summed E-state index contributed by atoms with van der Waals surface area (Å²) in [7, 11) is 0. The molecule has 5 rings (SSSR count). The quantitative estimate of drug-likeness (QED) is 0.218. The molecule has 2 aromatic carbocycles. The maximum atomic E-state index is 13.6. The summed E-state index contributed by atoms with van der Waals surface area (Å²) in [5.41, 5.74) is 15.6. The third kappa shape index (κ3) is 4.91. The van der Waals surface area contributed by atoms with Crippen molar-refractivity contribution in [3.63, 3.8) is 0 Å². The molecule has 0 aliphatic carbocycles. The van der Waals surface area contributed by atoms with Gasteiger partial charge in [0.25, 0.3) is 5.91 Å². The Morgan fingerprint density at radius 1 is 1.05 bits per heavy atom. The number of H-pyrrole nitrogens is 1. The fourth-order valence-electron chi connectivity index (χ4n) is 4.02. The van der Waals surface area contributed by atoms with Crippen molar-refractivity contribution in [1.82, 2.24) is 30.2 Å². The van der Waals surface area contributed by atoms with Gasteiger partial charge in [0.1, 0.15) is 23.6 Å². The van der Waals surface area contributed by atoms with Crippen LogP contribution in [0.5, 0.6) is 0 Å². The van der Waals surface area contributed by atoms with E-state index < -0.39 is 23.6 Å². The van der Waals surface area contributed by atoms with Crippen molar-refractivity contribution >= 4 is 34.4 Å². The summed E-state index contributed by atoms with van der Waals surface area (Å²) in [5, 5.41) is 6.59. The highest BCUT2D eigenvalue weighted by atomic mass is 19.2. The highest BCUT2D eigenvalue weighted by Crippen LogP contribution is 2.30. The Morgan fingerprint density at radius 2 is 1.84 bits per heavy atom. The van der Waals surface area contributed by atoms with Crippen LogP contribution < -0.4 is 22.1 Å². The van der Waals surface area contributed by atoms with E-state index in [9.17, 15) is 13.6 Å². The Hall–Kier alpha value is -5.13. The van der Waals surface area contributed by atoms with Crippen LogP contribution in [-0.2, 0) is 6.54 Å². The second-order valence-corrected chi connectivity index (χ2v) is 8.60. The first-order chi connectivity index (χ1) is 18.3. The molecule has 12 heteroatoms. The molecule has 5 aromatic rings. The average Bonchev–Trinajstić information content (AvgIpc) is 3.35. The van der Waals surface area contributed by atoms with Crippen LogP contribution in [-0.4, -0.2) is 30.8 Å². The molecule has 1 amide bonds. The highest BCUT2D eigenvalue weighted by Gasteiger charge is 2.19. The number of rotatable bonds is 7. The fraction of sp³-hybridized carbons (Fsp3) is 0.115. The normalized spacial score (nSPS) is 11.9. The van der Waals surface area contributed by atoms with Gasteiger partial charge < -0.3 is 27.1 Å². The summed E-state index contributed by atoms with van der Waals surface area (Å²) in [5.74, 6) is -1.86. The lowest BCUT2D eigenvalue weighted by Gasteiger charge is -2.16. The van der Waals surface area contributed by atoms with Crippen LogP contribution in [0.2, 0.25) is 0 Å². The van der Waals surface area contributed by atoms with Crippen molar-refractivity contribution in [3.8, 4) is 11.1 Å². The molecule has 1 atom stereocenters. The van der Waals surface area contributed by atoms with Crippen molar-refractivity contribution in [2.24, 2.45) is 0 Å². The number of anilines is 3. The number of nitrogens with one attached hydrogen (secondary N) is 3. The summed E-state index contributed by atoms with van der Waals surface area (Å²) in [4.78, 5) is 32.7. The Kier molecular flexibility index (Phi) is 6.52. The standard InChI is InChI=1S/C26H23F2N9O/c1-13(16-6-7-18(27)19(28)8-16)36-26(38)22-25(33-11-20(29)37-22)31-9-14-2-4-15(5-3-14)17-10-32-24-21(17)23(30)34-12-35-24/h2-8,10-13H,9H2,1H3,(H2,29,37)(H,31,33)(H,36,38)(H3,30,32,34,35)/t13-/m0/s1. The first kappa shape index (κ1) is 24.6. The lowest BCUT2D eigenvalue weighted by atomic mass is 10.0. The second-order valence-electron chi connectivity index (χ2n) is 8.60. The maximum absolute atomic E-state index is 13.6. The zero-order chi connectivity index (χ0) is 26.8. The summed E-state index contributed by atoms with van der Waals surface area (Å²) in [6.07, 6.45) is 4.58. The van der Waals surface area contributed by atoms with Gasteiger partial charge in [-0.05, 0) is 35.7 Å². The van der Waals surface area contributed by atoms with Crippen LogP contribution in [0, 0.1) is 11.6 Å². The number of nitrogens with two attached hydrogens (primary N) is 2. The van der Waals surface area contributed by atoms with E-state index in [0.717, 1.165) is 34.2 Å². The zero-order valence-corrected chi connectivity index (χ0v) is 20.2. The first-order valence-corrected chi connectivity index (χ1v) is 11.6. The molecule has 0 bridgehead atoms. The van der Waals surface area contributed by atoms with E-state index in [-0.39, 0.29) is 17.3 Å². The van der Waals surface area contributed by atoms with Crippen molar-refractivity contribution in [1.29, 1.82) is 0 Å². The molecule has 0 spiro atoms. The second kappa shape index (κ2) is 10.1. The molecule has 10 nitrogen and oxygen atoms in total. The van der Waals surface area contributed by atoms with Gasteiger partial charge in [-0.2, -0.15) is 0 Å². The van der Waals surface area contributed by atoms with E-state index in [1.807, 2.05) is 30.5 Å². The minimum absolute atomic E-state index is 0.0229. The Morgan fingerprint density at radius 3 is 2.61 bits per heavy atom. The molecule has 3 heterocycles. The van der Waals surface area contributed by atoms with Crippen molar-refractivity contribution in [3.05, 3.63) is 89.6 Å². The van der Waals surface area contributed by atoms with Gasteiger partial charge in [-0.3, -0.25) is 4.79 Å². The number of hydrogen-bond acceptors (Lipinski definition) is 8. The molecule has 0 aliphatic rings. The number of fused-ring (bicyclic) bond motifs is 1. The van der Waals surface area contributed by atoms with Crippen LogP contribution in [0.4, 0.5) is 26.2 Å².